The van der Waals surface area contributed by atoms with Crippen molar-refractivity contribution in [3.8, 4) is 0 Å². The second kappa shape index (κ2) is 8.22. The van der Waals surface area contributed by atoms with Crippen LogP contribution in [0.1, 0.15) is 11.1 Å². The summed E-state index contributed by atoms with van der Waals surface area (Å²) < 4.78 is 7.54. The largest absolute Gasteiger partial charge is 0.374 e. The van der Waals surface area contributed by atoms with E-state index >= 15 is 0 Å². The van der Waals surface area contributed by atoms with Gasteiger partial charge in [0.2, 0.25) is 5.91 Å². The van der Waals surface area contributed by atoms with Crippen LogP contribution in [0.3, 0.4) is 0 Å². The topological polar surface area (TPSA) is 63.5 Å². The van der Waals surface area contributed by atoms with Gasteiger partial charge in [-0.3, -0.25) is 14.4 Å². The first-order valence-electron chi connectivity index (χ1n) is 8.56. The molecule has 3 rings (SSSR count). The lowest BCUT2D eigenvalue weighted by Crippen LogP contribution is -2.48. The van der Waals surface area contributed by atoms with Gasteiger partial charge in [-0.05, 0) is 18.1 Å². The van der Waals surface area contributed by atoms with Crippen LogP contribution in [0.5, 0.6) is 0 Å². The van der Waals surface area contributed by atoms with Gasteiger partial charge in [0.1, 0.15) is 12.7 Å². The van der Waals surface area contributed by atoms with E-state index in [1.54, 1.807) is 15.9 Å². The molecule has 25 heavy (non-hydrogen) atoms. The van der Waals surface area contributed by atoms with E-state index in [0.29, 0.717) is 26.2 Å². The molecule has 1 aliphatic rings. The number of carbonyl (C=O) groups is 1. The molecule has 0 saturated carbocycles. The lowest BCUT2D eigenvalue weighted by Gasteiger charge is -2.33. The van der Waals surface area contributed by atoms with Gasteiger partial charge in [-0.25, -0.2) is 4.98 Å². The molecule has 0 spiro atoms. The van der Waals surface area contributed by atoms with Crippen LogP contribution in [0.4, 0.5) is 0 Å². The molecule has 0 bridgehead atoms. The second-order valence-corrected chi connectivity index (χ2v) is 6.52. The predicted molar refractivity (Wildman–Crippen MR) is 93.9 cm³/mol. The summed E-state index contributed by atoms with van der Waals surface area (Å²) >= 11 is 0. The monoisotopic (exact) mass is 343 g/mol. The van der Waals surface area contributed by atoms with Crippen molar-refractivity contribution in [3.05, 3.63) is 48.0 Å². The maximum absolute atomic E-state index is 12.6. The molecule has 0 unspecified atom stereocenters. The highest BCUT2D eigenvalue weighted by atomic mass is 16.5. The number of nitrogens with zero attached hydrogens (tertiary/aromatic N) is 5. The molecule has 0 N–H and O–H groups in total. The Balaban J connectivity index is 1.50. The number of benzene rings is 1. The van der Waals surface area contributed by atoms with E-state index in [1.165, 1.54) is 17.5 Å². The lowest BCUT2D eigenvalue weighted by atomic mass is 10.1. The van der Waals surface area contributed by atoms with Gasteiger partial charge in [0, 0.05) is 26.7 Å². The highest BCUT2D eigenvalue weighted by Crippen LogP contribution is 2.11. The molecule has 134 valence electrons. The minimum absolute atomic E-state index is 0.0323. The second-order valence-electron chi connectivity index (χ2n) is 6.52. The molecule has 1 aliphatic heterocycles. The average molecular weight is 343 g/mol. The number of aryl methyl sites for hydroxylation is 1. The van der Waals surface area contributed by atoms with Crippen LogP contribution in [0, 0.1) is 6.92 Å². The van der Waals surface area contributed by atoms with Gasteiger partial charge in [0.15, 0.2) is 0 Å². The van der Waals surface area contributed by atoms with E-state index in [2.05, 4.69) is 34.0 Å². The summed E-state index contributed by atoms with van der Waals surface area (Å²) in [4.78, 5) is 20.5. The van der Waals surface area contributed by atoms with Crippen molar-refractivity contribution in [2.45, 2.75) is 26.1 Å². The summed E-state index contributed by atoms with van der Waals surface area (Å²) in [5.41, 5.74) is 2.39. The number of aromatic nitrogens is 3. The van der Waals surface area contributed by atoms with Crippen molar-refractivity contribution < 1.29 is 9.53 Å². The van der Waals surface area contributed by atoms with Crippen LogP contribution >= 0.6 is 0 Å². The summed E-state index contributed by atoms with van der Waals surface area (Å²) in [6.07, 6.45) is 3.23. The number of morpholine rings is 1. The standard InChI is InChI=1S/C18H25N5O2/c1-15-5-3-4-6-16(15)9-21(2)18(24)12-22-7-8-25-17(10-22)11-23-14-19-13-20-23/h3-6,13-14,17H,7-12H2,1-2H3/t17-/m1/s1. The Morgan fingerprint density at radius 3 is 3.00 bits per heavy atom. The minimum atomic E-state index is 0.0323. The van der Waals surface area contributed by atoms with Crippen LogP contribution in [0.2, 0.25) is 0 Å². The SMILES string of the molecule is Cc1ccccc1CN(C)C(=O)CN1CCO[C@@H](Cn2cncn2)C1. The fourth-order valence-electron chi connectivity index (χ4n) is 3.01. The zero-order valence-corrected chi connectivity index (χ0v) is 14.8. The van der Waals surface area contributed by atoms with Crippen LogP contribution in [0.15, 0.2) is 36.9 Å². The molecule has 7 heteroatoms. The molecule has 1 saturated heterocycles. The smallest absolute Gasteiger partial charge is 0.236 e. The number of rotatable bonds is 6. The highest BCUT2D eigenvalue weighted by molar-refractivity contribution is 5.78. The Bertz CT molecular complexity index is 689. The van der Waals surface area contributed by atoms with E-state index < -0.39 is 0 Å². The summed E-state index contributed by atoms with van der Waals surface area (Å²) in [5, 5.41) is 4.11. The summed E-state index contributed by atoms with van der Waals surface area (Å²) in [7, 11) is 1.86. The molecule has 1 aromatic carbocycles. The van der Waals surface area contributed by atoms with Crippen molar-refractivity contribution in [2.75, 3.05) is 33.3 Å². The van der Waals surface area contributed by atoms with Gasteiger partial charge in [0.05, 0.1) is 25.8 Å². The Labute approximate surface area is 148 Å². The van der Waals surface area contributed by atoms with Gasteiger partial charge in [-0.1, -0.05) is 24.3 Å². The number of hydrogen-bond acceptors (Lipinski definition) is 5. The van der Waals surface area contributed by atoms with Gasteiger partial charge < -0.3 is 9.64 Å². The number of amides is 1. The first-order valence-corrected chi connectivity index (χ1v) is 8.56. The fraction of sp³-hybridized carbons (Fsp3) is 0.500. The van der Waals surface area contributed by atoms with Gasteiger partial charge in [-0.15, -0.1) is 0 Å². The molecule has 2 aromatic rings. The van der Waals surface area contributed by atoms with Crippen LogP contribution in [-0.4, -0.2) is 69.9 Å². The summed E-state index contributed by atoms with van der Waals surface area (Å²) in [6.45, 7) is 5.92. The molecular formula is C18H25N5O2. The molecule has 1 amide bonds. The molecule has 0 aliphatic carbocycles. The zero-order valence-electron chi connectivity index (χ0n) is 14.8. The number of carbonyl (C=O) groups excluding carboxylic acids is 1. The maximum Gasteiger partial charge on any atom is 0.236 e. The molecule has 2 heterocycles. The van der Waals surface area contributed by atoms with Crippen molar-refractivity contribution >= 4 is 5.91 Å². The van der Waals surface area contributed by atoms with E-state index in [1.807, 2.05) is 19.2 Å². The van der Waals surface area contributed by atoms with Gasteiger partial charge >= 0.3 is 0 Å². The molecular weight excluding hydrogens is 318 g/mol. The van der Waals surface area contributed by atoms with E-state index in [-0.39, 0.29) is 12.0 Å². The third-order valence-corrected chi connectivity index (χ3v) is 4.53. The third kappa shape index (κ3) is 4.87. The predicted octanol–water partition coefficient (Wildman–Crippen LogP) is 0.946. The van der Waals surface area contributed by atoms with E-state index in [9.17, 15) is 4.79 Å². The molecule has 1 fully saturated rings. The Morgan fingerprint density at radius 1 is 1.40 bits per heavy atom. The first kappa shape index (κ1) is 17.6. The van der Waals surface area contributed by atoms with E-state index in [0.717, 1.165) is 13.1 Å². The summed E-state index contributed by atoms with van der Waals surface area (Å²) in [5.74, 6) is 0.129. The molecule has 7 nitrogen and oxygen atoms in total. The quantitative estimate of drug-likeness (QED) is 0.781. The van der Waals surface area contributed by atoms with E-state index in [4.69, 9.17) is 4.74 Å². The van der Waals surface area contributed by atoms with Crippen LogP contribution in [0.25, 0.3) is 0 Å². The number of hydrogen-bond donors (Lipinski definition) is 0. The zero-order chi connectivity index (χ0) is 17.6. The fourth-order valence-corrected chi connectivity index (χ4v) is 3.01. The number of ether oxygens (including phenoxy) is 1. The normalized spacial score (nSPS) is 18.2. The first-order chi connectivity index (χ1) is 12.1. The Kier molecular flexibility index (Phi) is 5.78. The van der Waals surface area contributed by atoms with Crippen molar-refractivity contribution in [3.63, 3.8) is 0 Å². The van der Waals surface area contributed by atoms with Gasteiger partial charge in [-0.2, -0.15) is 5.10 Å². The Hall–Kier alpha value is -2.25. The van der Waals surface area contributed by atoms with Gasteiger partial charge in [0.25, 0.3) is 0 Å². The Morgan fingerprint density at radius 2 is 2.24 bits per heavy atom. The third-order valence-electron chi connectivity index (χ3n) is 4.53. The minimum Gasteiger partial charge on any atom is -0.374 e. The molecule has 0 radical (unpaired) electrons. The highest BCUT2D eigenvalue weighted by Gasteiger charge is 2.24. The summed E-state index contributed by atoms with van der Waals surface area (Å²) in [6, 6.07) is 8.17. The lowest BCUT2D eigenvalue weighted by molar-refractivity contribution is -0.133. The van der Waals surface area contributed by atoms with Crippen LogP contribution < -0.4 is 0 Å². The average Bonchev–Trinajstić information content (AvgIpc) is 3.10. The molecule has 1 atom stereocenters. The maximum atomic E-state index is 12.6. The van der Waals surface area contributed by atoms with Crippen molar-refractivity contribution in [1.29, 1.82) is 0 Å². The molecule has 1 aromatic heterocycles. The number of likely N-dealkylation sites (N-methyl/N-ethyl adjacent to an activating group) is 1. The van der Waals surface area contributed by atoms with Crippen LogP contribution in [-0.2, 0) is 22.6 Å². The van der Waals surface area contributed by atoms with Crippen molar-refractivity contribution in [2.24, 2.45) is 0 Å². The van der Waals surface area contributed by atoms with Crippen molar-refractivity contribution in [1.82, 2.24) is 24.6 Å².